The van der Waals surface area contributed by atoms with Gasteiger partial charge in [0.15, 0.2) is 5.54 Å². The Morgan fingerprint density at radius 1 is 1.28 bits per heavy atom. The number of benzene rings is 1. The van der Waals surface area contributed by atoms with E-state index in [0.717, 1.165) is 11.3 Å². The van der Waals surface area contributed by atoms with Crippen LogP contribution in [0.1, 0.15) is 83.8 Å². The minimum atomic E-state index is -1.48. The molecule has 1 aromatic rings. The van der Waals surface area contributed by atoms with Gasteiger partial charge in [0.1, 0.15) is 11.4 Å². The Hall–Kier alpha value is -1.55. The normalized spacial score (nSPS) is 20.6. The second kappa shape index (κ2) is 6.99. The van der Waals surface area contributed by atoms with Crippen LogP contribution in [0.2, 0.25) is 0 Å². The monoisotopic (exact) mass is 347 g/mol. The molecule has 1 fully saturated rings. The first-order valence-corrected chi connectivity index (χ1v) is 9.39. The third kappa shape index (κ3) is 3.69. The van der Waals surface area contributed by atoms with Gasteiger partial charge in [0.25, 0.3) is 0 Å². The number of carboxylic acids is 1. The third-order valence-electron chi connectivity index (χ3n) is 6.06. The largest absolute Gasteiger partial charge is 0.484 e. The number of carbonyl (C=O) groups is 1. The highest BCUT2D eigenvalue weighted by atomic mass is 16.5. The van der Waals surface area contributed by atoms with Crippen LogP contribution in [0, 0.1) is 5.92 Å². The van der Waals surface area contributed by atoms with Crippen molar-refractivity contribution in [2.24, 2.45) is 11.7 Å². The predicted molar refractivity (Wildman–Crippen MR) is 101 cm³/mol. The van der Waals surface area contributed by atoms with Gasteiger partial charge in [-0.2, -0.15) is 0 Å². The van der Waals surface area contributed by atoms with Gasteiger partial charge >= 0.3 is 5.97 Å². The van der Waals surface area contributed by atoms with Gasteiger partial charge in [0.05, 0.1) is 0 Å². The van der Waals surface area contributed by atoms with Crippen LogP contribution in [-0.2, 0) is 4.79 Å². The number of para-hydroxylation sites is 1. The van der Waals surface area contributed by atoms with Crippen molar-refractivity contribution in [1.29, 1.82) is 0 Å². The van der Waals surface area contributed by atoms with Crippen molar-refractivity contribution in [3.05, 3.63) is 29.3 Å². The average Bonchev–Trinajstić information content (AvgIpc) is 3.38. The summed E-state index contributed by atoms with van der Waals surface area (Å²) >= 11 is 0. The summed E-state index contributed by atoms with van der Waals surface area (Å²) in [6.07, 6.45) is 3.01. The standard InChI is InChI=1S/C21H33NO3/c1-7-20(5,21(6,22)19(23)24)25-18-16(13(2)3)9-8-10-17(18)14(4)15-11-12-15/h8-10,13-15H,7,11-12,22H2,1-6H3,(H,23,24)/t14-,20?,21-/m1/s1. The molecule has 3 N–H and O–H groups in total. The van der Waals surface area contributed by atoms with E-state index in [1.165, 1.54) is 18.4 Å². The zero-order valence-corrected chi connectivity index (χ0v) is 16.4. The van der Waals surface area contributed by atoms with Gasteiger partial charge in [-0.1, -0.05) is 45.9 Å². The van der Waals surface area contributed by atoms with Gasteiger partial charge in [-0.3, -0.25) is 4.79 Å². The number of hydrogen-bond donors (Lipinski definition) is 2. The quantitative estimate of drug-likeness (QED) is 0.716. The summed E-state index contributed by atoms with van der Waals surface area (Å²) in [5, 5.41) is 9.64. The molecule has 0 aliphatic heterocycles. The van der Waals surface area contributed by atoms with Crippen LogP contribution in [0.3, 0.4) is 0 Å². The van der Waals surface area contributed by atoms with E-state index in [9.17, 15) is 9.90 Å². The molecule has 0 heterocycles. The fourth-order valence-corrected chi connectivity index (χ4v) is 3.35. The molecular formula is C21H33NO3. The summed E-state index contributed by atoms with van der Waals surface area (Å²) < 4.78 is 6.49. The average molecular weight is 347 g/mol. The molecule has 140 valence electrons. The van der Waals surface area contributed by atoms with Crippen molar-refractivity contribution in [3.63, 3.8) is 0 Å². The molecule has 3 atom stereocenters. The maximum absolute atomic E-state index is 11.8. The molecule has 4 heteroatoms. The number of carboxylic acid groups (broad SMARTS) is 1. The molecular weight excluding hydrogens is 314 g/mol. The molecule has 0 bridgehead atoms. The van der Waals surface area contributed by atoms with E-state index in [0.29, 0.717) is 18.3 Å². The van der Waals surface area contributed by atoms with Gasteiger partial charge in [-0.15, -0.1) is 0 Å². The molecule has 0 radical (unpaired) electrons. The smallest absolute Gasteiger partial charge is 0.327 e. The van der Waals surface area contributed by atoms with Gasteiger partial charge in [0.2, 0.25) is 0 Å². The maximum Gasteiger partial charge on any atom is 0.327 e. The summed E-state index contributed by atoms with van der Waals surface area (Å²) in [7, 11) is 0. The Morgan fingerprint density at radius 3 is 2.28 bits per heavy atom. The number of hydrogen-bond acceptors (Lipinski definition) is 3. The van der Waals surface area contributed by atoms with Crippen LogP contribution in [0.4, 0.5) is 0 Å². The lowest BCUT2D eigenvalue weighted by molar-refractivity contribution is -0.151. The summed E-state index contributed by atoms with van der Waals surface area (Å²) in [5.74, 6) is 1.18. The molecule has 4 nitrogen and oxygen atoms in total. The van der Waals surface area contributed by atoms with E-state index in [4.69, 9.17) is 10.5 Å². The Balaban J connectivity index is 2.53. The van der Waals surface area contributed by atoms with E-state index >= 15 is 0 Å². The molecule has 0 saturated heterocycles. The topological polar surface area (TPSA) is 72.5 Å². The van der Waals surface area contributed by atoms with E-state index in [1.54, 1.807) is 6.92 Å². The first kappa shape index (κ1) is 19.8. The van der Waals surface area contributed by atoms with Gasteiger partial charge in [0, 0.05) is 0 Å². The highest BCUT2D eigenvalue weighted by molar-refractivity contribution is 5.80. The number of nitrogens with two attached hydrogens (primary N) is 1. The SMILES string of the molecule is CCC(C)(Oc1c(C(C)C)cccc1[C@H](C)C1CC1)[C@](C)(N)C(=O)O. The van der Waals surface area contributed by atoms with Gasteiger partial charge in [-0.25, -0.2) is 0 Å². The molecule has 0 spiro atoms. The molecule has 1 aliphatic carbocycles. The molecule has 1 aromatic carbocycles. The molecule has 2 rings (SSSR count). The van der Waals surface area contributed by atoms with E-state index < -0.39 is 17.1 Å². The predicted octanol–water partition coefficient (Wildman–Crippen LogP) is 4.67. The van der Waals surface area contributed by atoms with Crippen LogP contribution >= 0.6 is 0 Å². The van der Waals surface area contributed by atoms with Crippen LogP contribution in [-0.4, -0.2) is 22.2 Å². The van der Waals surface area contributed by atoms with Crippen molar-refractivity contribution in [3.8, 4) is 5.75 Å². The Morgan fingerprint density at radius 2 is 1.84 bits per heavy atom. The van der Waals surface area contributed by atoms with Crippen molar-refractivity contribution in [2.75, 3.05) is 0 Å². The number of ether oxygens (including phenoxy) is 1. The molecule has 25 heavy (non-hydrogen) atoms. The fourth-order valence-electron chi connectivity index (χ4n) is 3.35. The zero-order valence-electron chi connectivity index (χ0n) is 16.4. The number of rotatable bonds is 8. The van der Waals surface area contributed by atoms with Crippen LogP contribution < -0.4 is 10.5 Å². The minimum absolute atomic E-state index is 0.288. The van der Waals surface area contributed by atoms with E-state index in [1.807, 2.05) is 13.8 Å². The lowest BCUT2D eigenvalue weighted by Gasteiger charge is -2.41. The fraction of sp³-hybridized carbons (Fsp3) is 0.667. The van der Waals surface area contributed by atoms with E-state index in [2.05, 4.69) is 39.0 Å². The molecule has 1 unspecified atom stereocenters. The summed E-state index contributed by atoms with van der Waals surface area (Å²) in [6, 6.07) is 6.28. The lowest BCUT2D eigenvalue weighted by Crippen LogP contribution is -2.64. The second-order valence-corrected chi connectivity index (χ2v) is 8.24. The maximum atomic E-state index is 11.8. The third-order valence-corrected chi connectivity index (χ3v) is 6.06. The molecule has 1 aliphatic rings. The summed E-state index contributed by atoms with van der Waals surface area (Å²) in [6.45, 7) is 11.8. The molecule has 1 saturated carbocycles. The second-order valence-electron chi connectivity index (χ2n) is 8.24. The lowest BCUT2D eigenvalue weighted by atomic mass is 9.80. The minimum Gasteiger partial charge on any atom is -0.484 e. The van der Waals surface area contributed by atoms with Crippen molar-refractivity contribution >= 4 is 5.97 Å². The highest BCUT2D eigenvalue weighted by Crippen LogP contribution is 2.47. The first-order valence-electron chi connectivity index (χ1n) is 9.39. The Bertz CT molecular complexity index is 634. The highest BCUT2D eigenvalue weighted by Gasteiger charge is 2.49. The summed E-state index contributed by atoms with van der Waals surface area (Å²) in [5.41, 5.74) is 6.01. The van der Waals surface area contributed by atoms with Crippen LogP contribution in [0.15, 0.2) is 18.2 Å². The van der Waals surface area contributed by atoms with Crippen molar-refractivity contribution in [2.45, 2.75) is 83.8 Å². The van der Waals surface area contributed by atoms with Gasteiger partial charge in [-0.05, 0) is 62.0 Å². The van der Waals surface area contributed by atoms with Crippen molar-refractivity contribution in [1.82, 2.24) is 0 Å². The zero-order chi connectivity index (χ0) is 19.0. The molecule has 0 amide bonds. The Labute approximate surface area is 151 Å². The van der Waals surface area contributed by atoms with Gasteiger partial charge < -0.3 is 15.6 Å². The first-order chi connectivity index (χ1) is 11.5. The van der Waals surface area contributed by atoms with Crippen LogP contribution in [0.25, 0.3) is 0 Å². The Kier molecular flexibility index (Phi) is 5.53. The molecule has 0 aromatic heterocycles. The van der Waals surface area contributed by atoms with E-state index in [-0.39, 0.29) is 5.92 Å². The van der Waals surface area contributed by atoms with Crippen molar-refractivity contribution < 1.29 is 14.6 Å². The summed E-state index contributed by atoms with van der Waals surface area (Å²) in [4.78, 5) is 11.8. The van der Waals surface area contributed by atoms with Crippen LogP contribution in [0.5, 0.6) is 5.75 Å². The number of aliphatic carboxylic acids is 1.